The van der Waals surface area contributed by atoms with Gasteiger partial charge in [0.2, 0.25) is 10.0 Å². The van der Waals surface area contributed by atoms with E-state index < -0.39 is 10.0 Å². The second-order valence-corrected chi connectivity index (χ2v) is 6.75. The van der Waals surface area contributed by atoms with Crippen molar-refractivity contribution in [1.82, 2.24) is 4.72 Å². The van der Waals surface area contributed by atoms with E-state index in [4.69, 9.17) is 10.5 Å². The van der Waals surface area contributed by atoms with Crippen molar-refractivity contribution < 1.29 is 13.2 Å². The molecule has 0 saturated heterocycles. The van der Waals surface area contributed by atoms with Crippen LogP contribution in [0.4, 0.5) is 5.69 Å². The minimum atomic E-state index is -3.59. The van der Waals surface area contributed by atoms with Crippen molar-refractivity contribution in [3.05, 3.63) is 36.4 Å². The summed E-state index contributed by atoms with van der Waals surface area (Å²) in [5.74, 6) is 0. The first-order valence-corrected chi connectivity index (χ1v) is 8.28. The molecular formula is C15H20N2O3S. The van der Waals surface area contributed by atoms with Gasteiger partial charge >= 0.3 is 0 Å². The van der Waals surface area contributed by atoms with Gasteiger partial charge in [-0.3, -0.25) is 0 Å². The zero-order valence-corrected chi connectivity index (χ0v) is 13.0. The van der Waals surface area contributed by atoms with Gasteiger partial charge in [0.05, 0.1) is 17.6 Å². The molecule has 6 heteroatoms. The van der Waals surface area contributed by atoms with Gasteiger partial charge in [-0.1, -0.05) is 24.3 Å². The lowest BCUT2D eigenvalue weighted by molar-refractivity contribution is 0.0834. The Balaban J connectivity index is 2.26. The number of sulfonamides is 1. The summed E-state index contributed by atoms with van der Waals surface area (Å²) in [4.78, 5) is 0.233. The van der Waals surface area contributed by atoms with Crippen LogP contribution in [0.25, 0.3) is 10.8 Å². The molecule has 0 aliphatic carbocycles. The summed E-state index contributed by atoms with van der Waals surface area (Å²) in [5, 5.41) is 1.36. The van der Waals surface area contributed by atoms with Gasteiger partial charge in [-0.15, -0.1) is 0 Å². The van der Waals surface area contributed by atoms with Gasteiger partial charge in [-0.25, -0.2) is 13.1 Å². The lowest BCUT2D eigenvalue weighted by atomic mass is 10.1. The standard InChI is InChI=1S/C15H20N2O3S/c1-11(2)20-10-9-17-21(18,19)15-8-4-5-12-13(15)6-3-7-14(12)16/h3-8,11,17H,9-10,16H2,1-2H3. The Labute approximate surface area is 125 Å². The summed E-state index contributed by atoms with van der Waals surface area (Å²) in [7, 11) is -3.59. The Morgan fingerprint density at radius 1 is 1.14 bits per heavy atom. The number of anilines is 1. The molecule has 0 fully saturated rings. The van der Waals surface area contributed by atoms with Gasteiger partial charge in [-0.05, 0) is 26.0 Å². The largest absolute Gasteiger partial charge is 0.398 e. The lowest BCUT2D eigenvalue weighted by Gasteiger charge is -2.11. The number of hydrogen-bond donors (Lipinski definition) is 2. The summed E-state index contributed by atoms with van der Waals surface area (Å²) in [6.07, 6.45) is 0.0758. The number of nitrogens with two attached hydrogens (primary N) is 1. The SMILES string of the molecule is CC(C)OCCNS(=O)(=O)c1cccc2c(N)cccc12. The molecule has 0 aliphatic rings. The number of fused-ring (bicyclic) bond motifs is 1. The predicted molar refractivity (Wildman–Crippen MR) is 84.6 cm³/mol. The molecule has 2 aromatic rings. The normalized spacial score (nSPS) is 12.1. The van der Waals surface area contributed by atoms with E-state index in [9.17, 15) is 8.42 Å². The minimum Gasteiger partial charge on any atom is -0.398 e. The number of nitrogen functional groups attached to an aromatic ring is 1. The first-order chi connectivity index (χ1) is 9.92. The van der Waals surface area contributed by atoms with Gasteiger partial charge in [-0.2, -0.15) is 0 Å². The molecular weight excluding hydrogens is 288 g/mol. The smallest absolute Gasteiger partial charge is 0.241 e. The molecule has 0 radical (unpaired) electrons. The van der Waals surface area contributed by atoms with Crippen LogP contribution in [0.2, 0.25) is 0 Å². The Morgan fingerprint density at radius 3 is 2.52 bits per heavy atom. The topological polar surface area (TPSA) is 81.4 Å². The first-order valence-electron chi connectivity index (χ1n) is 6.80. The molecule has 114 valence electrons. The second kappa shape index (κ2) is 6.43. The molecule has 0 unspecified atom stereocenters. The van der Waals surface area contributed by atoms with E-state index in [1.54, 1.807) is 30.3 Å². The second-order valence-electron chi connectivity index (χ2n) is 5.02. The van der Waals surface area contributed by atoms with Crippen LogP contribution in [-0.2, 0) is 14.8 Å². The van der Waals surface area contributed by atoms with Gasteiger partial charge in [0.1, 0.15) is 0 Å². The van der Waals surface area contributed by atoms with Gasteiger partial charge in [0.15, 0.2) is 0 Å². The molecule has 0 spiro atoms. The first kappa shape index (κ1) is 15.8. The van der Waals surface area contributed by atoms with E-state index in [2.05, 4.69) is 4.72 Å². The highest BCUT2D eigenvalue weighted by Crippen LogP contribution is 2.26. The van der Waals surface area contributed by atoms with Crippen molar-refractivity contribution >= 4 is 26.5 Å². The highest BCUT2D eigenvalue weighted by molar-refractivity contribution is 7.89. The van der Waals surface area contributed by atoms with Crippen molar-refractivity contribution in [2.24, 2.45) is 0 Å². The van der Waals surface area contributed by atoms with Crippen LogP contribution in [0.1, 0.15) is 13.8 Å². The average Bonchev–Trinajstić information content (AvgIpc) is 2.43. The maximum absolute atomic E-state index is 12.4. The summed E-state index contributed by atoms with van der Waals surface area (Å²) in [6.45, 7) is 4.38. The fourth-order valence-corrected chi connectivity index (χ4v) is 3.32. The summed E-state index contributed by atoms with van der Waals surface area (Å²) in [5.41, 5.74) is 6.45. The molecule has 3 N–H and O–H groups in total. The van der Waals surface area contributed by atoms with Crippen molar-refractivity contribution in [2.45, 2.75) is 24.8 Å². The van der Waals surface area contributed by atoms with E-state index in [1.807, 2.05) is 19.9 Å². The highest BCUT2D eigenvalue weighted by Gasteiger charge is 2.17. The van der Waals surface area contributed by atoms with Gasteiger partial charge in [0.25, 0.3) is 0 Å². The van der Waals surface area contributed by atoms with E-state index in [-0.39, 0.29) is 17.5 Å². The Bertz CT molecular complexity index is 727. The van der Waals surface area contributed by atoms with Crippen LogP contribution in [0.3, 0.4) is 0 Å². The Morgan fingerprint density at radius 2 is 1.81 bits per heavy atom. The fourth-order valence-electron chi connectivity index (χ4n) is 2.09. The van der Waals surface area contributed by atoms with E-state index in [0.29, 0.717) is 17.7 Å². The number of rotatable bonds is 6. The molecule has 0 bridgehead atoms. The molecule has 2 aromatic carbocycles. The quantitative estimate of drug-likeness (QED) is 0.632. The number of benzene rings is 2. The number of hydrogen-bond acceptors (Lipinski definition) is 4. The van der Waals surface area contributed by atoms with Crippen molar-refractivity contribution in [2.75, 3.05) is 18.9 Å². The Hall–Kier alpha value is -1.63. The fraction of sp³-hybridized carbons (Fsp3) is 0.333. The van der Waals surface area contributed by atoms with Crippen molar-refractivity contribution in [1.29, 1.82) is 0 Å². The highest BCUT2D eigenvalue weighted by atomic mass is 32.2. The van der Waals surface area contributed by atoms with Crippen LogP contribution in [0, 0.1) is 0 Å². The van der Waals surface area contributed by atoms with Crippen molar-refractivity contribution in [3.8, 4) is 0 Å². The summed E-state index contributed by atoms with van der Waals surface area (Å²) < 4.78 is 32.7. The minimum absolute atomic E-state index is 0.0758. The van der Waals surface area contributed by atoms with E-state index >= 15 is 0 Å². The van der Waals surface area contributed by atoms with Crippen LogP contribution in [-0.4, -0.2) is 27.7 Å². The molecule has 0 heterocycles. The maximum Gasteiger partial charge on any atom is 0.241 e. The lowest BCUT2D eigenvalue weighted by Crippen LogP contribution is -2.28. The maximum atomic E-state index is 12.4. The molecule has 0 atom stereocenters. The third kappa shape index (κ3) is 3.72. The average molecular weight is 308 g/mol. The van der Waals surface area contributed by atoms with Crippen molar-refractivity contribution in [3.63, 3.8) is 0 Å². The number of nitrogens with one attached hydrogen (secondary N) is 1. The Kier molecular flexibility index (Phi) is 4.82. The van der Waals surface area contributed by atoms with E-state index in [0.717, 1.165) is 5.39 Å². The van der Waals surface area contributed by atoms with Gasteiger partial charge in [0, 0.05) is 23.0 Å². The van der Waals surface area contributed by atoms with Crippen LogP contribution < -0.4 is 10.5 Å². The molecule has 0 aliphatic heterocycles. The summed E-state index contributed by atoms with van der Waals surface area (Å²) in [6, 6.07) is 10.3. The molecule has 0 aromatic heterocycles. The third-order valence-corrected chi connectivity index (χ3v) is 4.57. The van der Waals surface area contributed by atoms with Gasteiger partial charge < -0.3 is 10.5 Å². The number of ether oxygens (including phenoxy) is 1. The third-order valence-electron chi connectivity index (χ3n) is 3.05. The predicted octanol–water partition coefficient (Wildman–Crippen LogP) is 2.13. The monoisotopic (exact) mass is 308 g/mol. The molecule has 5 nitrogen and oxygen atoms in total. The molecule has 2 rings (SSSR count). The zero-order chi connectivity index (χ0) is 15.5. The van der Waals surface area contributed by atoms with Crippen LogP contribution in [0.5, 0.6) is 0 Å². The molecule has 21 heavy (non-hydrogen) atoms. The summed E-state index contributed by atoms with van der Waals surface area (Å²) >= 11 is 0. The molecule has 0 saturated carbocycles. The molecule has 0 amide bonds. The van der Waals surface area contributed by atoms with Crippen LogP contribution in [0.15, 0.2) is 41.3 Å². The van der Waals surface area contributed by atoms with E-state index in [1.165, 1.54) is 0 Å². The zero-order valence-electron chi connectivity index (χ0n) is 12.2. The van der Waals surface area contributed by atoms with Crippen LogP contribution >= 0.6 is 0 Å².